The summed E-state index contributed by atoms with van der Waals surface area (Å²) in [5.41, 5.74) is 1.54. The fraction of sp³-hybridized carbons (Fsp3) is 0.650. The van der Waals surface area contributed by atoms with Crippen molar-refractivity contribution in [2.75, 3.05) is 19.7 Å². The number of nitrogens with one attached hydrogen (secondary N) is 2. The summed E-state index contributed by atoms with van der Waals surface area (Å²) < 4.78 is 13.8. The minimum atomic E-state index is -0.187. The molecule has 1 aromatic rings. The van der Waals surface area contributed by atoms with Gasteiger partial charge in [-0.3, -0.25) is 4.99 Å². The van der Waals surface area contributed by atoms with Crippen molar-refractivity contribution < 1.29 is 9.50 Å². The van der Waals surface area contributed by atoms with Gasteiger partial charge < -0.3 is 15.7 Å². The Bertz CT molecular complexity index is 552. The van der Waals surface area contributed by atoms with Crippen LogP contribution in [0.15, 0.2) is 23.2 Å². The van der Waals surface area contributed by atoms with E-state index in [2.05, 4.69) is 29.5 Å². The van der Waals surface area contributed by atoms with E-state index in [0.29, 0.717) is 23.9 Å². The molecule has 0 bridgehead atoms. The molecule has 0 radical (unpaired) electrons. The predicted octanol–water partition coefficient (Wildman–Crippen LogP) is 4.41. The summed E-state index contributed by atoms with van der Waals surface area (Å²) in [4.78, 5) is 4.68. The minimum absolute atomic E-state index is 0. The Labute approximate surface area is 175 Å². The molecule has 0 aliphatic carbocycles. The smallest absolute Gasteiger partial charge is 0.191 e. The first-order valence-corrected chi connectivity index (χ1v) is 9.29. The van der Waals surface area contributed by atoms with Crippen molar-refractivity contribution in [2.24, 2.45) is 16.8 Å². The highest BCUT2D eigenvalue weighted by atomic mass is 127. The lowest BCUT2D eigenvalue weighted by Gasteiger charge is -2.20. The third-order valence-electron chi connectivity index (χ3n) is 4.24. The summed E-state index contributed by atoms with van der Waals surface area (Å²) in [5.74, 6) is 1.49. The minimum Gasteiger partial charge on any atom is -0.396 e. The zero-order chi connectivity index (χ0) is 18.8. The van der Waals surface area contributed by atoms with Crippen molar-refractivity contribution in [1.29, 1.82) is 0 Å². The molecule has 4 nitrogen and oxygen atoms in total. The van der Waals surface area contributed by atoms with Crippen molar-refractivity contribution in [2.45, 2.75) is 53.5 Å². The van der Waals surface area contributed by atoms with Crippen LogP contribution in [-0.4, -0.2) is 30.8 Å². The maximum absolute atomic E-state index is 13.8. The lowest BCUT2D eigenvalue weighted by atomic mass is 9.94. The second kappa shape index (κ2) is 13.3. The fourth-order valence-electron chi connectivity index (χ4n) is 2.84. The summed E-state index contributed by atoms with van der Waals surface area (Å²) in [5, 5.41) is 15.8. The summed E-state index contributed by atoms with van der Waals surface area (Å²) >= 11 is 0. The van der Waals surface area contributed by atoms with E-state index in [9.17, 15) is 9.50 Å². The van der Waals surface area contributed by atoms with Crippen LogP contribution in [0.2, 0.25) is 0 Å². The summed E-state index contributed by atoms with van der Waals surface area (Å²) in [6.07, 6.45) is 1.81. The van der Waals surface area contributed by atoms with Crippen molar-refractivity contribution in [1.82, 2.24) is 10.6 Å². The van der Waals surface area contributed by atoms with Gasteiger partial charge in [0.1, 0.15) is 5.82 Å². The van der Waals surface area contributed by atoms with E-state index in [-0.39, 0.29) is 42.4 Å². The first-order chi connectivity index (χ1) is 11.9. The van der Waals surface area contributed by atoms with Gasteiger partial charge in [-0.05, 0) is 62.6 Å². The molecule has 0 spiro atoms. The van der Waals surface area contributed by atoms with Crippen LogP contribution in [0, 0.1) is 24.6 Å². The monoisotopic (exact) mass is 479 g/mol. The van der Waals surface area contributed by atoms with E-state index in [1.54, 1.807) is 19.1 Å². The molecule has 3 N–H and O–H groups in total. The first-order valence-electron chi connectivity index (χ1n) is 9.29. The molecular weight excluding hydrogens is 444 g/mol. The number of halogens is 2. The number of hydrogen-bond donors (Lipinski definition) is 3. The molecule has 0 aromatic heterocycles. The molecule has 0 fully saturated rings. The molecule has 0 aliphatic heterocycles. The van der Waals surface area contributed by atoms with Gasteiger partial charge in [0.15, 0.2) is 5.96 Å². The van der Waals surface area contributed by atoms with Gasteiger partial charge >= 0.3 is 0 Å². The highest BCUT2D eigenvalue weighted by Crippen LogP contribution is 2.17. The number of nitrogens with zero attached hydrogens (tertiary/aromatic N) is 1. The largest absolute Gasteiger partial charge is 0.396 e. The highest BCUT2D eigenvalue weighted by molar-refractivity contribution is 14.0. The molecule has 0 amide bonds. The molecular formula is C20H35FIN3O. The quantitative estimate of drug-likeness (QED) is 0.279. The highest BCUT2D eigenvalue weighted by Gasteiger charge is 2.13. The van der Waals surface area contributed by atoms with Crippen molar-refractivity contribution in [3.63, 3.8) is 0 Å². The number of aliphatic hydroxyl groups is 1. The second-order valence-electron chi connectivity index (χ2n) is 7.10. The molecule has 6 heteroatoms. The van der Waals surface area contributed by atoms with E-state index in [0.717, 1.165) is 30.9 Å². The molecule has 0 heterocycles. The number of aliphatic hydroxyl groups excluding tert-OH is 1. The molecule has 150 valence electrons. The van der Waals surface area contributed by atoms with Crippen LogP contribution in [-0.2, 0) is 0 Å². The second-order valence-corrected chi connectivity index (χ2v) is 7.10. The molecule has 1 rings (SSSR count). The van der Waals surface area contributed by atoms with Gasteiger partial charge in [0.2, 0.25) is 0 Å². The fourth-order valence-corrected chi connectivity index (χ4v) is 2.84. The normalized spacial score (nSPS) is 13.9. The van der Waals surface area contributed by atoms with Crippen LogP contribution < -0.4 is 10.6 Å². The predicted molar refractivity (Wildman–Crippen MR) is 119 cm³/mol. The Hall–Kier alpha value is -0.890. The van der Waals surface area contributed by atoms with E-state index in [1.807, 2.05) is 19.9 Å². The van der Waals surface area contributed by atoms with Crippen LogP contribution >= 0.6 is 24.0 Å². The molecule has 0 saturated heterocycles. The van der Waals surface area contributed by atoms with E-state index < -0.39 is 0 Å². The molecule has 2 unspecified atom stereocenters. The topological polar surface area (TPSA) is 56.7 Å². The van der Waals surface area contributed by atoms with Crippen molar-refractivity contribution in [3.8, 4) is 0 Å². The van der Waals surface area contributed by atoms with Crippen molar-refractivity contribution in [3.05, 3.63) is 35.1 Å². The van der Waals surface area contributed by atoms with Gasteiger partial charge in [-0.1, -0.05) is 26.0 Å². The molecule has 2 atom stereocenters. The number of benzene rings is 1. The van der Waals surface area contributed by atoms with E-state index in [1.165, 1.54) is 0 Å². The standard InChI is InChI=1S/C20H34FN3O.HI/c1-6-22-20(23-13-17(9-10-25)11-14(2)3)24-16(5)18-8-7-15(4)19(21)12-18;/h7-8,12,14,16-17,25H,6,9-11,13H2,1-5H3,(H2,22,23,24);1H. The zero-order valence-electron chi connectivity index (χ0n) is 16.7. The summed E-state index contributed by atoms with van der Waals surface area (Å²) in [7, 11) is 0. The van der Waals surface area contributed by atoms with Gasteiger partial charge in [-0.2, -0.15) is 0 Å². The van der Waals surface area contributed by atoms with Crippen LogP contribution in [0.1, 0.15) is 57.7 Å². The number of hydrogen-bond acceptors (Lipinski definition) is 2. The SMILES string of the molecule is CCNC(=NCC(CCO)CC(C)C)NC(C)c1ccc(C)c(F)c1.I. The molecule has 0 aliphatic rings. The lowest BCUT2D eigenvalue weighted by molar-refractivity contribution is 0.245. The average Bonchev–Trinajstić information content (AvgIpc) is 2.54. The van der Waals surface area contributed by atoms with Crippen LogP contribution in [0.5, 0.6) is 0 Å². The Morgan fingerprint density at radius 1 is 1.27 bits per heavy atom. The Kier molecular flexibility index (Phi) is 12.8. The average molecular weight is 479 g/mol. The Balaban J connectivity index is 0.00000625. The lowest BCUT2D eigenvalue weighted by Crippen LogP contribution is -2.39. The maximum Gasteiger partial charge on any atom is 0.191 e. The first kappa shape index (κ1) is 25.1. The van der Waals surface area contributed by atoms with Crippen LogP contribution in [0.4, 0.5) is 4.39 Å². The third-order valence-corrected chi connectivity index (χ3v) is 4.24. The van der Waals surface area contributed by atoms with Gasteiger partial charge in [0.25, 0.3) is 0 Å². The summed E-state index contributed by atoms with van der Waals surface area (Å²) in [6, 6.07) is 5.26. The number of guanidine groups is 1. The number of aryl methyl sites for hydroxylation is 1. The molecule has 26 heavy (non-hydrogen) atoms. The molecule has 1 aromatic carbocycles. The Morgan fingerprint density at radius 3 is 2.50 bits per heavy atom. The van der Waals surface area contributed by atoms with Crippen LogP contribution in [0.25, 0.3) is 0 Å². The van der Waals surface area contributed by atoms with Gasteiger partial charge in [-0.25, -0.2) is 4.39 Å². The number of rotatable bonds is 9. The summed E-state index contributed by atoms with van der Waals surface area (Å²) in [6.45, 7) is 11.8. The van der Waals surface area contributed by atoms with E-state index in [4.69, 9.17) is 0 Å². The van der Waals surface area contributed by atoms with E-state index >= 15 is 0 Å². The van der Waals surface area contributed by atoms with Gasteiger partial charge in [-0.15, -0.1) is 24.0 Å². The van der Waals surface area contributed by atoms with Gasteiger partial charge in [0, 0.05) is 19.7 Å². The van der Waals surface area contributed by atoms with Crippen LogP contribution in [0.3, 0.4) is 0 Å². The Morgan fingerprint density at radius 2 is 1.96 bits per heavy atom. The van der Waals surface area contributed by atoms with Crippen molar-refractivity contribution >= 4 is 29.9 Å². The third kappa shape index (κ3) is 9.16. The number of aliphatic imine (C=N–C) groups is 1. The molecule has 0 saturated carbocycles. The maximum atomic E-state index is 13.8. The van der Waals surface area contributed by atoms with Gasteiger partial charge in [0.05, 0.1) is 6.04 Å². The zero-order valence-corrected chi connectivity index (χ0v) is 19.0.